The van der Waals surface area contributed by atoms with E-state index in [0.717, 1.165) is 35.8 Å². The van der Waals surface area contributed by atoms with Crippen LogP contribution in [0.1, 0.15) is 18.9 Å². The largest absolute Gasteiger partial charge is 0.373 e. The summed E-state index contributed by atoms with van der Waals surface area (Å²) in [6.45, 7) is 3.12. The van der Waals surface area contributed by atoms with E-state index >= 15 is 0 Å². The first kappa shape index (κ1) is 15.7. The minimum Gasteiger partial charge on any atom is -0.373 e. The van der Waals surface area contributed by atoms with Crippen LogP contribution in [0.4, 0.5) is 5.69 Å². The molecule has 0 bridgehead atoms. The summed E-state index contributed by atoms with van der Waals surface area (Å²) >= 11 is 8.18. The molecule has 0 saturated carbocycles. The van der Waals surface area contributed by atoms with Crippen LogP contribution in [0.3, 0.4) is 0 Å². The van der Waals surface area contributed by atoms with Crippen molar-refractivity contribution in [2.24, 2.45) is 5.73 Å². The van der Waals surface area contributed by atoms with Crippen LogP contribution in [0, 0.1) is 0 Å². The van der Waals surface area contributed by atoms with E-state index in [-0.39, 0.29) is 6.04 Å². The van der Waals surface area contributed by atoms with Crippen LogP contribution in [0.5, 0.6) is 0 Å². The number of hydrogen-bond acceptors (Lipinski definition) is 3. The van der Waals surface area contributed by atoms with E-state index in [2.05, 4.69) is 37.3 Å². The Labute approximate surface area is 120 Å². The molecule has 0 aliphatic rings. The lowest BCUT2D eigenvalue weighted by Gasteiger charge is -2.21. The Bertz CT molecular complexity index is 371. The Kier molecular flexibility index (Phi) is 6.90. The van der Waals surface area contributed by atoms with Gasteiger partial charge in [-0.3, -0.25) is 0 Å². The smallest absolute Gasteiger partial charge is 0.0642 e. The molecule has 0 heterocycles. The number of rotatable bonds is 7. The topological polar surface area (TPSA) is 29.3 Å². The Balaban J connectivity index is 2.72. The van der Waals surface area contributed by atoms with Gasteiger partial charge in [0.15, 0.2) is 0 Å². The molecule has 4 heteroatoms. The van der Waals surface area contributed by atoms with Crippen molar-refractivity contribution >= 4 is 29.1 Å². The van der Waals surface area contributed by atoms with Gasteiger partial charge in [0.25, 0.3) is 0 Å². The molecule has 0 spiro atoms. The lowest BCUT2D eigenvalue weighted by atomic mass is 10.0. The third-order valence-corrected chi connectivity index (χ3v) is 3.97. The third kappa shape index (κ3) is 4.71. The highest BCUT2D eigenvalue weighted by Crippen LogP contribution is 2.26. The molecule has 0 aliphatic heterocycles. The van der Waals surface area contributed by atoms with Gasteiger partial charge in [0, 0.05) is 25.4 Å². The van der Waals surface area contributed by atoms with E-state index in [4.69, 9.17) is 17.3 Å². The molecular weight excluding hydrogens is 264 g/mol. The first-order valence-corrected chi connectivity index (χ1v) is 8.09. The lowest BCUT2D eigenvalue weighted by Crippen LogP contribution is -2.22. The lowest BCUT2D eigenvalue weighted by molar-refractivity contribution is 0.646. The van der Waals surface area contributed by atoms with Gasteiger partial charge in [-0.15, -0.1) is 0 Å². The van der Waals surface area contributed by atoms with Gasteiger partial charge in [-0.25, -0.2) is 0 Å². The second-order valence-corrected chi connectivity index (χ2v) is 5.97. The molecule has 0 amide bonds. The molecule has 1 aromatic rings. The van der Waals surface area contributed by atoms with E-state index in [9.17, 15) is 0 Å². The van der Waals surface area contributed by atoms with Crippen molar-refractivity contribution in [3.05, 3.63) is 28.8 Å². The molecule has 2 nitrogen and oxygen atoms in total. The number of hydrogen-bond donors (Lipinski definition) is 1. The minimum absolute atomic E-state index is 0.223. The fraction of sp³-hybridized carbons (Fsp3) is 0.571. The summed E-state index contributed by atoms with van der Waals surface area (Å²) in [4.78, 5) is 2.20. The van der Waals surface area contributed by atoms with Crippen molar-refractivity contribution in [2.45, 2.75) is 25.8 Å². The molecule has 0 fully saturated rings. The number of nitrogens with zero attached hydrogens (tertiary/aromatic N) is 1. The highest BCUT2D eigenvalue weighted by molar-refractivity contribution is 7.98. The zero-order chi connectivity index (χ0) is 13.5. The van der Waals surface area contributed by atoms with Crippen LogP contribution >= 0.6 is 23.4 Å². The second kappa shape index (κ2) is 7.93. The quantitative estimate of drug-likeness (QED) is 0.833. The zero-order valence-corrected chi connectivity index (χ0v) is 13.0. The maximum atomic E-state index is 6.34. The number of nitrogens with two attached hydrogens (primary N) is 1. The molecular formula is C14H23ClN2S. The highest BCUT2D eigenvalue weighted by atomic mass is 35.5. The Hall–Kier alpha value is -0.380. The van der Waals surface area contributed by atoms with Crippen molar-refractivity contribution in [3.8, 4) is 0 Å². The molecule has 1 aromatic carbocycles. The van der Waals surface area contributed by atoms with Crippen molar-refractivity contribution in [2.75, 3.05) is 30.5 Å². The molecule has 0 saturated heterocycles. The van der Waals surface area contributed by atoms with Gasteiger partial charge in [0.1, 0.15) is 0 Å². The van der Waals surface area contributed by atoms with Gasteiger partial charge >= 0.3 is 0 Å². The highest BCUT2D eigenvalue weighted by Gasteiger charge is 2.08. The van der Waals surface area contributed by atoms with E-state index in [1.807, 2.05) is 17.8 Å². The minimum atomic E-state index is 0.223. The molecule has 1 atom stereocenters. The molecule has 0 aliphatic carbocycles. The third-order valence-electron chi connectivity index (χ3n) is 3.08. The van der Waals surface area contributed by atoms with Gasteiger partial charge in [-0.2, -0.15) is 11.8 Å². The van der Waals surface area contributed by atoms with Crippen molar-refractivity contribution in [1.29, 1.82) is 0 Å². The van der Waals surface area contributed by atoms with E-state index in [0.29, 0.717) is 0 Å². The molecule has 2 N–H and O–H groups in total. The number of benzene rings is 1. The fourth-order valence-corrected chi connectivity index (χ4v) is 2.59. The van der Waals surface area contributed by atoms with Gasteiger partial charge in [0.05, 0.1) is 10.7 Å². The first-order chi connectivity index (χ1) is 8.58. The van der Waals surface area contributed by atoms with E-state index < -0.39 is 0 Å². The summed E-state index contributed by atoms with van der Waals surface area (Å²) in [6.07, 6.45) is 4.00. The molecule has 102 valence electrons. The average Bonchev–Trinajstić information content (AvgIpc) is 2.36. The van der Waals surface area contributed by atoms with Crippen LogP contribution in [-0.4, -0.2) is 31.6 Å². The van der Waals surface area contributed by atoms with Crippen molar-refractivity contribution < 1.29 is 0 Å². The van der Waals surface area contributed by atoms with Gasteiger partial charge in [-0.1, -0.05) is 24.6 Å². The van der Waals surface area contributed by atoms with Crippen LogP contribution in [0.2, 0.25) is 5.02 Å². The van der Waals surface area contributed by atoms with Crippen LogP contribution in [0.15, 0.2) is 18.2 Å². The van der Waals surface area contributed by atoms with Gasteiger partial charge in [-0.05, 0) is 36.8 Å². The zero-order valence-electron chi connectivity index (χ0n) is 11.4. The van der Waals surface area contributed by atoms with Gasteiger partial charge in [0.2, 0.25) is 0 Å². The Morgan fingerprint density at radius 2 is 2.17 bits per heavy atom. The monoisotopic (exact) mass is 286 g/mol. The Morgan fingerprint density at radius 3 is 2.72 bits per heavy atom. The van der Waals surface area contributed by atoms with E-state index in [1.165, 1.54) is 5.56 Å². The summed E-state index contributed by atoms with van der Waals surface area (Å²) in [6, 6.07) is 6.50. The summed E-state index contributed by atoms with van der Waals surface area (Å²) in [5.74, 6) is 1.11. The molecule has 0 radical (unpaired) electrons. The Morgan fingerprint density at radius 1 is 1.44 bits per heavy atom. The van der Waals surface area contributed by atoms with Crippen LogP contribution in [-0.2, 0) is 6.42 Å². The number of thioether (sulfide) groups is 1. The molecule has 18 heavy (non-hydrogen) atoms. The van der Waals surface area contributed by atoms with Crippen molar-refractivity contribution in [1.82, 2.24) is 0 Å². The van der Waals surface area contributed by atoms with Crippen LogP contribution < -0.4 is 10.6 Å². The molecule has 1 unspecified atom stereocenters. The maximum absolute atomic E-state index is 6.34. The molecule has 0 aromatic heterocycles. The summed E-state index contributed by atoms with van der Waals surface area (Å²) in [5.41, 5.74) is 8.28. The predicted octanol–water partition coefficient (Wildman–Crippen LogP) is 3.42. The van der Waals surface area contributed by atoms with Gasteiger partial charge < -0.3 is 10.6 Å². The number of halogens is 1. The summed E-state index contributed by atoms with van der Waals surface area (Å²) < 4.78 is 0. The second-order valence-electron chi connectivity index (χ2n) is 4.57. The maximum Gasteiger partial charge on any atom is 0.0642 e. The summed E-state index contributed by atoms with van der Waals surface area (Å²) in [5, 5.41) is 0.819. The predicted molar refractivity (Wildman–Crippen MR) is 85.1 cm³/mol. The summed E-state index contributed by atoms with van der Waals surface area (Å²) in [7, 11) is 2.08. The van der Waals surface area contributed by atoms with E-state index in [1.54, 1.807) is 0 Å². The average molecular weight is 287 g/mol. The van der Waals surface area contributed by atoms with Crippen molar-refractivity contribution in [3.63, 3.8) is 0 Å². The normalized spacial score (nSPS) is 12.5. The fourth-order valence-electron chi connectivity index (χ4n) is 1.78. The van der Waals surface area contributed by atoms with Crippen LogP contribution in [0.25, 0.3) is 0 Å². The first-order valence-electron chi connectivity index (χ1n) is 6.32. The molecule has 1 rings (SSSR count). The number of anilines is 1. The standard InChI is InChI=1S/C14H23ClN2S/c1-4-12(16)9-11-5-6-14(13(15)10-11)17(2)7-8-18-3/h5-6,10,12H,4,7-9,16H2,1-3H3. The SMILES string of the molecule is CCC(N)Cc1ccc(N(C)CCSC)c(Cl)c1.